The molecule has 0 heterocycles. The molecule has 0 aromatic carbocycles. The first-order valence-electron chi connectivity index (χ1n) is 4.23. The van der Waals surface area contributed by atoms with E-state index in [1.54, 1.807) is 0 Å². The van der Waals surface area contributed by atoms with Crippen LogP contribution in [0.4, 0.5) is 0 Å². The summed E-state index contributed by atoms with van der Waals surface area (Å²) >= 11 is 0. The summed E-state index contributed by atoms with van der Waals surface area (Å²) in [6.07, 6.45) is 3.67. The second-order valence-electron chi connectivity index (χ2n) is 3.99. The van der Waals surface area contributed by atoms with E-state index in [0.29, 0.717) is 5.92 Å². The Morgan fingerprint density at radius 3 is 2.50 bits per heavy atom. The third-order valence-corrected chi connectivity index (χ3v) is 3.48. The summed E-state index contributed by atoms with van der Waals surface area (Å²) in [6.45, 7) is 2.26. The smallest absolute Gasteiger partial charge is 0.0671 e. The van der Waals surface area contributed by atoms with E-state index >= 15 is 0 Å². The molecule has 3 unspecified atom stereocenters. The highest BCUT2D eigenvalue weighted by Gasteiger charge is 2.58. The van der Waals surface area contributed by atoms with Crippen LogP contribution in [0.5, 0.6) is 0 Å². The molecular formula is C8H16N2. The van der Waals surface area contributed by atoms with Crippen molar-refractivity contribution in [2.45, 2.75) is 31.8 Å². The van der Waals surface area contributed by atoms with Crippen molar-refractivity contribution in [3.8, 4) is 0 Å². The largest absolute Gasteiger partial charge is 0.313 e. The van der Waals surface area contributed by atoms with E-state index in [0.717, 1.165) is 18.3 Å². The molecule has 0 radical (unpaired) electrons. The van der Waals surface area contributed by atoms with E-state index in [9.17, 15) is 0 Å². The van der Waals surface area contributed by atoms with Crippen LogP contribution >= 0.6 is 0 Å². The van der Waals surface area contributed by atoms with Crippen LogP contribution in [0.25, 0.3) is 0 Å². The van der Waals surface area contributed by atoms with Gasteiger partial charge in [-0.2, -0.15) is 0 Å². The molecule has 0 saturated heterocycles. The molecule has 58 valence electrons. The third-order valence-electron chi connectivity index (χ3n) is 3.48. The van der Waals surface area contributed by atoms with Gasteiger partial charge in [0.1, 0.15) is 0 Å². The molecule has 4 N–H and O–H groups in total. The zero-order valence-corrected chi connectivity index (χ0v) is 6.51. The standard InChI is InChI=1S/C8H16N2/c1-2-5-3-7-6(5)4-8(7,9)10/h5-7H,2-4,9-10H2,1H3. The molecule has 2 fully saturated rings. The Bertz CT molecular complexity index is 153. The van der Waals surface area contributed by atoms with Gasteiger partial charge in [-0.05, 0) is 30.6 Å². The molecule has 2 aliphatic carbocycles. The van der Waals surface area contributed by atoms with Gasteiger partial charge in [-0.3, -0.25) is 0 Å². The maximum absolute atomic E-state index is 5.80. The Labute approximate surface area is 62.0 Å². The third kappa shape index (κ3) is 0.611. The Morgan fingerprint density at radius 1 is 1.50 bits per heavy atom. The molecule has 2 saturated carbocycles. The van der Waals surface area contributed by atoms with Crippen molar-refractivity contribution in [3.05, 3.63) is 0 Å². The van der Waals surface area contributed by atoms with Gasteiger partial charge in [0.15, 0.2) is 0 Å². The minimum absolute atomic E-state index is 0.281. The van der Waals surface area contributed by atoms with E-state index in [1.807, 2.05) is 0 Å². The van der Waals surface area contributed by atoms with Crippen LogP contribution in [-0.4, -0.2) is 5.66 Å². The van der Waals surface area contributed by atoms with Gasteiger partial charge >= 0.3 is 0 Å². The first-order chi connectivity index (χ1) is 4.65. The first kappa shape index (κ1) is 6.62. The van der Waals surface area contributed by atoms with Crippen molar-refractivity contribution in [3.63, 3.8) is 0 Å². The quantitative estimate of drug-likeness (QED) is 0.526. The molecule has 2 heteroatoms. The van der Waals surface area contributed by atoms with Gasteiger partial charge in [0.05, 0.1) is 5.66 Å². The number of nitrogens with two attached hydrogens (primary N) is 2. The van der Waals surface area contributed by atoms with Crippen molar-refractivity contribution in [1.29, 1.82) is 0 Å². The average Bonchev–Trinajstić information content (AvgIpc) is 1.83. The molecule has 0 aromatic rings. The summed E-state index contributed by atoms with van der Waals surface area (Å²) in [6, 6.07) is 0. The van der Waals surface area contributed by atoms with Crippen LogP contribution in [0.1, 0.15) is 26.2 Å². The molecule has 3 atom stereocenters. The van der Waals surface area contributed by atoms with Crippen molar-refractivity contribution < 1.29 is 0 Å². The highest BCUT2D eigenvalue weighted by atomic mass is 15.0. The normalized spacial score (nSPS) is 48.9. The van der Waals surface area contributed by atoms with E-state index in [2.05, 4.69) is 6.92 Å². The zero-order chi connectivity index (χ0) is 7.35. The minimum Gasteiger partial charge on any atom is -0.313 e. The molecule has 10 heavy (non-hydrogen) atoms. The fourth-order valence-electron chi connectivity index (χ4n) is 2.60. The zero-order valence-electron chi connectivity index (χ0n) is 6.51. The summed E-state index contributed by atoms with van der Waals surface area (Å²) in [5.41, 5.74) is 11.3. The highest BCUT2D eigenvalue weighted by molar-refractivity contribution is 5.10. The molecular weight excluding hydrogens is 124 g/mol. The maximum Gasteiger partial charge on any atom is 0.0671 e. The molecule has 0 aliphatic heterocycles. The molecule has 0 amide bonds. The Kier molecular flexibility index (Phi) is 1.15. The van der Waals surface area contributed by atoms with Crippen molar-refractivity contribution >= 4 is 0 Å². The lowest BCUT2D eigenvalue weighted by molar-refractivity contribution is -0.104. The minimum atomic E-state index is -0.281. The monoisotopic (exact) mass is 140 g/mol. The predicted molar refractivity (Wildman–Crippen MR) is 41.1 cm³/mol. The first-order valence-corrected chi connectivity index (χ1v) is 4.23. The van der Waals surface area contributed by atoms with Gasteiger partial charge in [0, 0.05) is 0 Å². The Hall–Kier alpha value is -0.0800. The lowest BCUT2D eigenvalue weighted by Crippen LogP contribution is -2.73. The molecule has 2 rings (SSSR count). The van der Waals surface area contributed by atoms with Crippen LogP contribution in [0, 0.1) is 17.8 Å². The lowest BCUT2D eigenvalue weighted by Gasteiger charge is -2.62. The van der Waals surface area contributed by atoms with E-state index in [-0.39, 0.29) is 5.66 Å². The summed E-state index contributed by atoms with van der Waals surface area (Å²) in [5.74, 6) is 2.50. The average molecular weight is 140 g/mol. The number of hydrogen-bond acceptors (Lipinski definition) is 2. The van der Waals surface area contributed by atoms with Gasteiger partial charge < -0.3 is 11.5 Å². The predicted octanol–water partition coefficient (Wildman–Crippen LogP) is 0.666. The van der Waals surface area contributed by atoms with Gasteiger partial charge in [0.25, 0.3) is 0 Å². The molecule has 0 bridgehead atoms. The molecule has 0 aromatic heterocycles. The van der Waals surface area contributed by atoms with Crippen LogP contribution in [-0.2, 0) is 0 Å². The van der Waals surface area contributed by atoms with Crippen molar-refractivity contribution in [1.82, 2.24) is 0 Å². The van der Waals surface area contributed by atoms with Gasteiger partial charge in [-0.25, -0.2) is 0 Å². The van der Waals surface area contributed by atoms with E-state index in [1.165, 1.54) is 12.8 Å². The van der Waals surface area contributed by atoms with Crippen LogP contribution in [0.3, 0.4) is 0 Å². The second-order valence-corrected chi connectivity index (χ2v) is 3.99. The second kappa shape index (κ2) is 1.74. The van der Waals surface area contributed by atoms with E-state index < -0.39 is 0 Å². The number of hydrogen-bond donors (Lipinski definition) is 2. The van der Waals surface area contributed by atoms with Crippen molar-refractivity contribution in [2.75, 3.05) is 0 Å². The topological polar surface area (TPSA) is 52.0 Å². The van der Waals surface area contributed by atoms with Crippen molar-refractivity contribution in [2.24, 2.45) is 29.2 Å². The number of rotatable bonds is 1. The summed E-state index contributed by atoms with van der Waals surface area (Å²) < 4.78 is 0. The maximum atomic E-state index is 5.80. The summed E-state index contributed by atoms with van der Waals surface area (Å²) in [7, 11) is 0. The lowest BCUT2D eigenvalue weighted by atomic mass is 9.47. The highest BCUT2D eigenvalue weighted by Crippen LogP contribution is 2.57. The van der Waals surface area contributed by atoms with E-state index in [4.69, 9.17) is 11.5 Å². The fraction of sp³-hybridized carbons (Fsp3) is 1.00. The van der Waals surface area contributed by atoms with Gasteiger partial charge in [0.2, 0.25) is 0 Å². The number of fused-ring (bicyclic) bond motifs is 1. The van der Waals surface area contributed by atoms with Gasteiger partial charge in [-0.15, -0.1) is 0 Å². The Morgan fingerprint density at radius 2 is 2.20 bits per heavy atom. The Balaban J connectivity index is 1.94. The van der Waals surface area contributed by atoms with Crippen LogP contribution < -0.4 is 11.5 Å². The van der Waals surface area contributed by atoms with Crippen LogP contribution in [0.2, 0.25) is 0 Å². The van der Waals surface area contributed by atoms with Gasteiger partial charge in [-0.1, -0.05) is 13.3 Å². The molecule has 0 spiro atoms. The molecule has 2 aliphatic rings. The summed E-state index contributed by atoms with van der Waals surface area (Å²) in [4.78, 5) is 0. The molecule has 2 nitrogen and oxygen atoms in total. The SMILES string of the molecule is CCC1CC2C1CC2(N)N. The fourth-order valence-corrected chi connectivity index (χ4v) is 2.60. The van der Waals surface area contributed by atoms with Crippen LogP contribution in [0.15, 0.2) is 0 Å². The summed E-state index contributed by atoms with van der Waals surface area (Å²) in [5, 5.41) is 0.